The SMILES string of the molecule is CC(C)(C)c1ccc(N2c3ccc(C(C)(C)C)cc3B3c4cc(C(C)(C)C)ccc4Oc4nc(N(c5ccc6c(c5)CCC6)c5ccc6ccccc6c5)nc2c43)cc1. The van der Waals surface area contributed by atoms with Crippen LogP contribution in [0.3, 0.4) is 0 Å². The van der Waals surface area contributed by atoms with Gasteiger partial charge in [-0.25, -0.2) is 0 Å². The van der Waals surface area contributed by atoms with E-state index in [1.165, 1.54) is 50.5 Å². The molecule has 0 fully saturated rings. The Hall–Kier alpha value is -5.88. The van der Waals surface area contributed by atoms with Crippen molar-refractivity contribution < 1.29 is 4.74 Å². The van der Waals surface area contributed by atoms with Gasteiger partial charge in [0.15, 0.2) is 0 Å². The van der Waals surface area contributed by atoms with Crippen LogP contribution in [0.4, 0.5) is 34.5 Å². The third kappa shape index (κ3) is 6.39. The molecule has 6 aromatic carbocycles. The minimum Gasteiger partial charge on any atom is -0.440 e. The molecule has 0 N–H and O–H groups in total. The summed E-state index contributed by atoms with van der Waals surface area (Å²) < 4.78 is 7.05. The van der Waals surface area contributed by atoms with Crippen LogP contribution in [0, 0.1) is 0 Å². The molecule has 294 valence electrons. The largest absolute Gasteiger partial charge is 0.440 e. The Kier molecular flexibility index (Phi) is 8.45. The molecule has 1 aromatic heterocycles. The minimum absolute atomic E-state index is 0.0187. The van der Waals surface area contributed by atoms with E-state index in [9.17, 15) is 0 Å². The number of hydrogen-bond acceptors (Lipinski definition) is 5. The van der Waals surface area contributed by atoms with Gasteiger partial charge in [-0.2, -0.15) is 9.97 Å². The Labute approximate surface area is 350 Å². The lowest BCUT2D eigenvalue weighted by Crippen LogP contribution is -2.60. The molecule has 0 saturated carbocycles. The molecule has 1 aliphatic carbocycles. The van der Waals surface area contributed by atoms with Crippen LogP contribution < -0.4 is 30.9 Å². The van der Waals surface area contributed by atoms with Crippen molar-refractivity contribution in [3.8, 4) is 11.6 Å². The maximum atomic E-state index is 7.05. The second kappa shape index (κ2) is 13.3. The number of rotatable bonds is 4. The Morgan fingerprint density at radius 3 is 1.93 bits per heavy atom. The number of nitrogens with zero attached hydrogens (tertiary/aromatic N) is 4. The van der Waals surface area contributed by atoms with Gasteiger partial charge in [-0.15, -0.1) is 0 Å². The monoisotopic (exact) mass is 772 g/mol. The first-order valence-electron chi connectivity index (χ1n) is 21.3. The van der Waals surface area contributed by atoms with E-state index in [-0.39, 0.29) is 23.0 Å². The van der Waals surface area contributed by atoms with Crippen LogP contribution in [-0.4, -0.2) is 16.7 Å². The molecule has 0 radical (unpaired) electrons. The van der Waals surface area contributed by atoms with Crippen molar-refractivity contribution in [2.75, 3.05) is 9.80 Å². The fraction of sp³-hybridized carbons (Fsp3) is 0.283. The predicted molar refractivity (Wildman–Crippen MR) is 248 cm³/mol. The van der Waals surface area contributed by atoms with Crippen LogP contribution in [0.1, 0.15) is 96.6 Å². The Morgan fingerprint density at radius 1 is 0.576 bits per heavy atom. The second-order valence-electron chi connectivity index (χ2n) is 19.9. The number of benzene rings is 6. The van der Waals surface area contributed by atoms with E-state index in [4.69, 9.17) is 14.7 Å². The topological polar surface area (TPSA) is 41.5 Å². The highest BCUT2D eigenvalue weighted by Crippen LogP contribution is 2.44. The molecule has 6 heteroatoms. The zero-order chi connectivity index (χ0) is 41.0. The molecule has 2 aliphatic heterocycles. The summed E-state index contributed by atoms with van der Waals surface area (Å²) in [5.74, 6) is 2.86. The molecule has 10 rings (SSSR count). The average Bonchev–Trinajstić information content (AvgIpc) is 3.68. The van der Waals surface area contributed by atoms with E-state index >= 15 is 0 Å². The van der Waals surface area contributed by atoms with Gasteiger partial charge in [-0.3, -0.25) is 9.80 Å². The van der Waals surface area contributed by atoms with Crippen molar-refractivity contribution in [3.05, 3.63) is 149 Å². The molecule has 59 heavy (non-hydrogen) atoms. The zero-order valence-electron chi connectivity index (χ0n) is 35.9. The molecule has 0 saturated heterocycles. The van der Waals surface area contributed by atoms with E-state index in [1.54, 1.807) is 0 Å². The lowest BCUT2D eigenvalue weighted by molar-refractivity contribution is 0.466. The van der Waals surface area contributed by atoms with E-state index < -0.39 is 0 Å². The highest BCUT2D eigenvalue weighted by Gasteiger charge is 2.45. The third-order valence-corrected chi connectivity index (χ3v) is 12.7. The third-order valence-electron chi connectivity index (χ3n) is 12.7. The maximum absolute atomic E-state index is 7.05. The maximum Gasteiger partial charge on any atom is 0.260 e. The molecule has 0 atom stereocenters. The van der Waals surface area contributed by atoms with Gasteiger partial charge in [-0.05, 0) is 134 Å². The van der Waals surface area contributed by atoms with Gasteiger partial charge in [0, 0.05) is 28.2 Å². The lowest BCUT2D eigenvalue weighted by atomic mass is 9.34. The average molecular weight is 773 g/mol. The van der Waals surface area contributed by atoms with Crippen LogP contribution in [-0.2, 0) is 29.1 Å². The lowest BCUT2D eigenvalue weighted by Gasteiger charge is -2.40. The molecular formula is C53H53BN4O. The van der Waals surface area contributed by atoms with Crippen molar-refractivity contribution in [1.82, 2.24) is 9.97 Å². The molecule has 0 amide bonds. The van der Waals surface area contributed by atoms with E-state index in [1.807, 2.05) is 0 Å². The van der Waals surface area contributed by atoms with Crippen LogP contribution in [0.5, 0.6) is 11.6 Å². The van der Waals surface area contributed by atoms with Crippen molar-refractivity contribution >= 4 is 68.4 Å². The fourth-order valence-corrected chi connectivity index (χ4v) is 9.28. The first kappa shape index (κ1) is 37.4. The van der Waals surface area contributed by atoms with Gasteiger partial charge in [0.05, 0.1) is 0 Å². The zero-order valence-corrected chi connectivity index (χ0v) is 35.9. The Balaban J connectivity index is 1.27. The molecule has 0 unspecified atom stereocenters. The molecule has 0 spiro atoms. The Morgan fingerprint density at radius 2 is 1.20 bits per heavy atom. The number of fused-ring (bicyclic) bond motifs is 6. The molecule has 7 aromatic rings. The van der Waals surface area contributed by atoms with E-state index in [2.05, 4.69) is 193 Å². The summed E-state index contributed by atoms with van der Waals surface area (Å²) in [6, 6.07) is 45.0. The summed E-state index contributed by atoms with van der Waals surface area (Å²) in [6.07, 6.45) is 3.38. The van der Waals surface area contributed by atoms with Gasteiger partial charge in [-0.1, -0.05) is 135 Å². The number of hydrogen-bond donors (Lipinski definition) is 0. The highest BCUT2D eigenvalue weighted by atomic mass is 16.5. The number of anilines is 6. The summed E-state index contributed by atoms with van der Waals surface area (Å²) in [4.78, 5) is 15.8. The predicted octanol–water partition coefficient (Wildman–Crippen LogP) is 11.9. The minimum atomic E-state index is -0.128. The summed E-state index contributed by atoms with van der Waals surface area (Å²) in [5, 5.41) is 2.36. The molecular weight excluding hydrogens is 719 g/mol. The number of aryl methyl sites for hydroxylation is 2. The van der Waals surface area contributed by atoms with Crippen molar-refractivity contribution in [1.29, 1.82) is 0 Å². The van der Waals surface area contributed by atoms with Crippen LogP contribution in [0.25, 0.3) is 10.8 Å². The van der Waals surface area contributed by atoms with Crippen LogP contribution in [0.2, 0.25) is 0 Å². The quantitative estimate of drug-likeness (QED) is 0.167. The molecule has 3 heterocycles. The van der Waals surface area contributed by atoms with Gasteiger partial charge in [0.1, 0.15) is 11.6 Å². The Bertz CT molecular complexity index is 2810. The van der Waals surface area contributed by atoms with E-state index in [0.717, 1.165) is 58.1 Å². The normalized spacial score (nSPS) is 14.4. The van der Waals surface area contributed by atoms with Crippen LogP contribution >= 0.6 is 0 Å². The summed E-state index contributed by atoms with van der Waals surface area (Å²) in [7, 11) is 0. The summed E-state index contributed by atoms with van der Waals surface area (Å²) in [5.41, 5.74) is 14.2. The van der Waals surface area contributed by atoms with Crippen molar-refractivity contribution in [2.45, 2.75) is 97.8 Å². The van der Waals surface area contributed by atoms with Gasteiger partial charge in [0.2, 0.25) is 11.8 Å². The standard InChI is InChI=1S/C53H53BN4O/c1-51(2,3)37-19-25-40(26-20-37)58-45-27-21-38(52(4,5)6)31-43(45)54-44-32-39(53(7,8)9)22-28-46(44)59-49-47(54)48(58)55-50(56-49)57(42-24-18-34-15-12-16-36(34)30-42)41-23-17-33-13-10-11-14-35(33)29-41/h10-11,13-14,17-32H,12,15-16H2,1-9H3. The van der Waals surface area contributed by atoms with Gasteiger partial charge in [0.25, 0.3) is 6.71 Å². The second-order valence-corrected chi connectivity index (χ2v) is 19.9. The first-order valence-corrected chi connectivity index (χ1v) is 21.3. The first-order chi connectivity index (χ1) is 28.1. The van der Waals surface area contributed by atoms with Crippen molar-refractivity contribution in [2.24, 2.45) is 0 Å². The summed E-state index contributed by atoms with van der Waals surface area (Å²) >= 11 is 0. The van der Waals surface area contributed by atoms with Gasteiger partial charge >= 0.3 is 0 Å². The van der Waals surface area contributed by atoms with E-state index in [0.29, 0.717) is 11.8 Å². The number of aromatic nitrogens is 2. The fourth-order valence-electron chi connectivity index (χ4n) is 9.28. The molecule has 3 aliphatic rings. The van der Waals surface area contributed by atoms with Crippen LogP contribution in [0.15, 0.2) is 121 Å². The summed E-state index contributed by atoms with van der Waals surface area (Å²) in [6.45, 7) is 20.4. The van der Waals surface area contributed by atoms with Gasteiger partial charge < -0.3 is 4.74 Å². The van der Waals surface area contributed by atoms with Crippen molar-refractivity contribution in [3.63, 3.8) is 0 Å². The smallest absolute Gasteiger partial charge is 0.260 e. The molecule has 5 nitrogen and oxygen atoms in total. The number of ether oxygens (including phenoxy) is 1. The molecule has 0 bridgehead atoms. The highest BCUT2D eigenvalue weighted by molar-refractivity contribution is 6.99.